The average molecular weight is 421 g/mol. The molecule has 0 bridgehead atoms. The first-order chi connectivity index (χ1) is 14.8. The van der Waals surface area contributed by atoms with Gasteiger partial charge in [-0.05, 0) is 48.6 Å². The number of ether oxygens (including phenoxy) is 1. The minimum atomic E-state index is -0.352. The fourth-order valence-electron chi connectivity index (χ4n) is 3.55. The molecule has 0 aliphatic rings. The van der Waals surface area contributed by atoms with Gasteiger partial charge in [0, 0.05) is 17.8 Å². The van der Waals surface area contributed by atoms with Crippen LogP contribution < -0.4 is 15.4 Å². The molecular formula is C25H28N2O4. The molecule has 0 radical (unpaired) electrons. The first kappa shape index (κ1) is 22.2. The molecule has 2 aromatic carbocycles. The van der Waals surface area contributed by atoms with E-state index in [1.165, 1.54) is 11.8 Å². The van der Waals surface area contributed by atoms with E-state index < -0.39 is 0 Å². The predicted molar refractivity (Wildman–Crippen MR) is 120 cm³/mol. The van der Waals surface area contributed by atoms with Crippen LogP contribution in [0.3, 0.4) is 0 Å². The number of carbonyl (C=O) groups is 2. The topological polar surface area (TPSA) is 80.6 Å². The molecule has 2 N–H and O–H groups in total. The van der Waals surface area contributed by atoms with E-state index in [4.69, 9.17) is 9.15 Å². The number of rotatable bonds is 9. The van der Waals surface area contributed by atoms with Crippen LogP contribution in [0.2, 0.25) is 0 Å². The summed E-state index contributed by atoms with van der Waals surface area (Å²) in [5.41, 5.74) is 1.73. The van der Waals surface area contributed by atoms with Gasteiger partial charge in [0.2, 0.25) is 0 Å². The molecule has 162 valence electrons. The van der Waals surface area contributed by atoms with Crippen LogP contribution >= 0.6 is 0 Å². The maximum atomic E-state index is 12.3. The molecule has 1 unspecified atom stereocenters. The number of anilines is 1. The first-order valence-corrected chi connectivity index (χ1v) is 10.3. The van der Waals surface area contributed by atoms with Crippen LogP contribution in [0.4, 0.5) is 5.69 Å². The molecule has 31 heavy (non-hydrogen) atoms. The predicted octanol–water partition coefficient (Wildman–Crippen LogP) is 4.78. The lowest BCUT2D eigenvalue weighted by Gasteiger charge is -2.29. The van der Waals surface area contributed by atoms with Crippen molar-refractivity contribution in [3.63, 3.8) is 0 Å². The van der Waals surface area contributed by atoms with Crippen LogP contribution in [0, 0.1) is 0 Å². The normalized spacial score (nSPS) is 12.1. The fourth-order valence-corrected chi connectivity index (χ4v) is 3.55. The molecule has 3 aromatic rings. The molecule has 0 fully saturated rings. The minimum Gasteiger partial charge on any atom is -0.484 e. The number of carbonyl (C=O) groups excluding carboxylic acids is 2. The zero-order valence-electron chi connectivity index (χ0n) is 18.1. The molecule has 3 rings (SSSR count). The zero-order valence-corrected chi connectivity index (χ0v) is 18.1. The highest BCUT2D eigenvalue weighted by atomic mass is 16.5. The van der Waals surface area contributed by atoms with Crippen molar-refractivity contribution in [1.29, 1.82) is 0 Å². The Morgan fingerprint density at radius 1 is 1.03 bits per heavy atom. The van der Waals surface area contributed by atoms with Crippen LogP contribution in [-0.4, -0.2) is 24.5 Å². The number of hydrogen-bond donors (Lipinski definition) is 2. The smallest absolute Gasteiger partial charge is 0.291 e. The quantitative estimate of drug-likeness (QED) is 0.522. The Kier molecular flexibility index (Phi) is 7.13. The Bertz CT molecular complexity index is 997. The van der Waals surface area contributed by atoms with Crippen LogP contribution in [-0.2, 0) is 10.2 Å². The molecule has 1 heterocycles. The van der Waals surface area contributed by atoms with E-state index in [1.54, 1.807) is 36.4 Å². The van der Waals surface area contributed by atoms with Gasteiger partial charge in [0.1, 0.15) is 5.75 Å². The summed E-state index contributed by atoms with van der Waals surface area (Å²) in [6, 6.07) is 20.4. The van der Waals surface area contributed by atoms with E-state index >= 15 is 0 Å². The van der Waals surface area contributed by atoms with Gasteiger partial charge in [0.15, 0.2) is 12.4 Å². The van der Waals surface area contributed by atoms with Crippen molar-refractivity contribution >= 4 is 17.5 Å². The van der Waals surface area contributed by atoms with Gasteiger partial charge in [0.25, 0.3) is 11.8 Å². The highest BCUT2D eigenvalue weighted by Crippen LogP contribution is 2.28. The molecule has 1 atom stereocenters. The van der Waals surface area contributed by atoms with Crippen molar-refractivity contribution in [2.45, 2.75) is 38.6 Å². The van der Waals surface area contributed by atoms with Crippen molar-refractivity contribution in [3.8, 4) is 5.75 Å². The van der Waals surface area contributed by atoms with Gasteiger partial charge in [-0.1, -0.05) is 50.2 Å². The van der Waals surface area contributed by atoms with Crippen molar-refractivity contribution in [1.82, 2.24) is 5.32 Å². The van der Waals surface area contributed by atoms with Crippen molar-refractivity contribution < 1.29 is 18.7 Å². The highest BCUT2D eigenvalue weighted by Gasteiger charge is 2.24. The maximum Gasteiger partial charge on any atom is 0.291 e. The van der Waals surface area contributed by atoms with Crippen LogP contribution in [0.15, 0.2) is 77.4 Å². The summed E-state index contributed by atoms with van der Waals surface area (Å²) in [4.78, 5) is 24.4. The molecule has 0 spiro atoms. The van der Waals surface area contributed by atoms with E-state index in [-0.39, 0.29) is 35.6 Å². The Morgan fingerprint density at radius 3 is 2.52 bits per heavy atom. The number of hydrogen-bond acceptors (Lipinski definition) is 4. The van der Waals surface area contributed by atoms with Crippen LogP contribution in [0.5, 0.6) is 5.75 Å². The Labute approximate surface area is 182 Å². The van der Waals surface area contributed by atoms with Crippen molar-refractivity contribution in [3.05, 3.63) is 84.3 Å². The van der Waals surface area contributed by atoms with E-state index in [0.29, 0.717) is 11.4 Å². The summed E-state index contributed by atoms with van der Waals surface area (Å²) in [5.74, 6) is 0.166. The molecule has 0 aliphatic heterocycles. The Hall–Kier alpha value is -3.54. The van der Waals surface area contributed by atoms with Gasteiger partial charge in [-0.25, -0.2) is 0 Å². The molecule has 0 saturated heterocycles. The highest BCUT2D eigenvalue weighted by molar-refractivity contribution is 6.02. The second-order valence-electron chi connectivity index (χ2n) is 8.17. The van der Waals surface area contributed by atoms with Crippen molar-refractivity contribution in [2.24, 2.45) is 0 Å². The third-order valence-corrected chi connectivity index (χ3v) is 4.99. The lowest BCUT2D eigenvalue weighted by molar-refractivity contribution is -0.123. The lowest BCUT2D eigenvalue weighted by Crippen LogP contribution is -2.39. The summed E-state index contributed by atoms with van der Waals surface area (Å²) in [6.45, 7) is 6.23. The van der Waals surface area contributed by atoms with Crippen LogP contribution in [0.1, 0.15) is 43.3 Å². The minimum absolute atomic E-state index is 0.00905. The average Bonchev–Trinajstić information content (AvgIpc) is 3.28. The largest absolute Gasteiger partial charge is 0.484 e. The van der Waals surface area contributed by atoms with Gasteiger partial charge in [-0.15, -0.1) is 0 Å². The SMILES string of the molecule is CC(CC(C)(C)c1ccccc1)NC(=O)COc1cccc(NC(=O)c2ccco2)c1. The number of nitrogens with one attached hydrogen (secondary N) is 2. The molecule has 0 aliphatic carbocycles. The molecular weight excluding hydrogens is 392 g/mol. The third-order valence-electron chi connectivity index (χ3n) is 4.99. The molecule has 6 heteroatoms. The number of furan rings is 1. The zero-order chi connectivity index (χ0) is 22.3. The van der Waals surface area contributed by atoms with Crippen LogP contribution in [0.25, 0.3) is 0 Å². The van der Waals surface area contributed by atoms with E-state index in [1.807, 2.05) is 25.1 Å². The standard InChI is InChI=1S/C25H28N2O4/c1-18(16-25(2,3)19-9-5-4-6-10-19)26-23(28)17-31-21-12-7-11-20(15-21)27-24(29)22-13-8-14-30-22/h4-15,18H,16-17H2,1-3H3,(H,26,28)(H,27,29). The number of amides is 2. The Balaban J connectivity index is 1.48. The molecule has 2 amide bonds. The third kappa shape index (κ3) is 6.47. The fraction of sp³-hybridized carbons (Fsp3) is 0.280. The summed E-state index contributed by atoms with van der Waals surface area (Å²) in [7, 11) is 0. The monoisotopic (exact) mass is 420 g/mol. The molecule has 0 saturated carbocycles. The second kappa shape index (κ2) is 9.98. The lowest BCUT2D eigenvalue weighted by atomic mass is 9.79. The van der Waals surface area contributed by atoms with Gasteiger partial charge in [-0.2, -0.15) is 0 Å². The van der Waals surface area contributed by atoms with Crippen molar-refractivity contribution in [2.75, 3.05) is 11.9 Å². The summed E-state index contributed by atoms with van der Waals surface area (Å²) >= 11 is 0. The van der Waals surface area contributed by atoms with Gasteiger partial charge >= 0.3 is 0 Å². The molecule has 1 aromatic heterocycles. The molecule has 6 nitrogen and oxygen atoms in total. The Morgan fingerprint density at radius 2 is 1.81 bits per heavy atom. The van der Waals surface area contributed by atoms with E-state index in [2.05, 4.69) is 36.6 Å². The summed E-state index contributed by atoms with van der Waals surface area (Å²) in [5, 5.41) is 5.73. The van der Waals surface area contributed by atoms with Gasteiger partial charge in [-0.3, -0.25) is 9.59 Å². The number of benzene rings is 2. The van der Waals surface area contributed by atoms with Gasteiger partial charge < -0.3 is 19.8 Å². The van der Waals surface area contributed by atoms with Gasteiger partial charge in [0.05, 0.1) is 6.26 Å². The van der Waals surface area contributed by atoms with E-state index in [0.717, 1.165) is 6.42 Å². The summed E-state index contributed by atoms with van der Waals surface area (Å²) in [6.07, 6.45) is 2.24. The second-order valence-corrected chi connectivity index (χ2v) is 8.17. The first-order valence-electron chi connectivity index (χ1n) is 10.3. The summed E-state index contributed by atoms with van der Waals surface area (Å²) < 4.78 is 10.7. The van der Waals surface area contributed by atoms with E-state index in [9.17, 15) is 9.59 Å². The maximum absolute atomic E-state index is 12.3.